The van der Waals surface area contributed by atoms with E-state index in [1.54, 1.807) is 42.5 Å². The fourth-order valence-corrected chi connectivity index (χ4v) is 2.70. The Kier molecular flexibility index (Phi) is 7.61. The number of hydrogen-bond donors (Lipinski definition) is 1. The maximum absolute atomic E-state index is 13.3. The number of unbranched alkanes of at least 4 members (excludes halogenated alkanes) is 2. The molecule has 0 unspecified atom stereocenters. The normalized spacial score (nSPS) is 11.0. The molecule has 0 spiro atoms. The van der Waals surface area contributed by atoms with Crippen LogP contribution in [0.2, 0.25) is 0 Å². The molecule has 0 saturated heterocycles. The molecule has 0 radical (unpaired) electrons. The average molecular weight is 383 g/mol. The van der Waals surface area contributed by atoms with Crippen molar-refractivity contribution in [1.82, 2.24) is 10.4 Å². The first-order chi connectivity index (χ1) is 13.3. The van der Waals surface area contributed by atoms with Gasteiger partial charge in [0.25, 0.3) is 11.8 Å². The highest BCUT2D eigenvalue weighted by molar-refractivity contribution is 6.00. The van der Waals surface area contributed by atoms with E-state index in [9.17, 15) is 9.59 Å². The Labute approximate surface area is 167 Å². The largest absolute Gasteiger partial charge is 0.493 e. The number of rotatable bonds is 7. The van der Waals surface area contributed by atoms with Crippen molar-refractivity contribution < 1.29 is 14.3 Å². The Bertz CT molecular complexity index is 782. The number of carbonyl (C=O) groups excluding carboxylic acids is 2. The molecule has 0 bridgehead atoms. The first-order valence-corrected chi connectivity index (χ1v) is 9.77. The van der Waals surface area contributed by atoms with E-state index in [0.29, 0.717) is 23.5 Å². The summed E-state index contributed by atoms with van der Waals surface area (Å²) >= 11 is 0. The van der Waals surface area contributed by atoms with E-state index in [1.807, 2.05) is 32.9 Å². The van der Waals surface area contributed by atoms with Gasteiger partial charge in [-0.15, -0.1) is 0 Å². The summed E-state index contributed by atoms with van der Waals surface area (Å²) < 4.78 is 5.85. The van der Waals surface area contributed by atoms with Crippen LogP contribution in [0.5, 0.6) is 5.75 Å². The second-order valence-electron chi connectivity index (χ2n) is 7.67. The van der Waals surface area contributed by atoms with Gasteiger partial charge in [-0.25, -0.2) is 5.01 Å². The van der Waals surface area contributed by atoms with Crippen LogP contribution in [0.15, 0.2) is 54.6 Å². The van der Waals surface area contributed by atoms with Gasteiger partial charge in [0.05, 0.1) is 17.7 Å². The quantitative estimate of drug-likeness (QED) is 0.550. The second-order valence-corrected chi connectivity index (χ2v) is 7.67. The molecule has 2 aromatic rings. The van der Waals surface area contributed by atoms with E-state index in [1.165, 1.54) is 5.01 Å². The predicted molar refractivity (Wildman–Crippen MR) is 111 cm³/mol. The number of amides is 2. The molecule has 28 heavy (non-hydrogen) atoms. The summed E-state index contributed by atoms with van der Waals surface area (Å²) in [6, 6.07) is 16.0. The van der Waals surface area contributed by atoms with Crippen molar-refractivity contribution in [3.63, 3.8) is 0 Å². The molecule has 0 aliphatic rings. The number of carbonyl (C=O) groups is 2. The molecular formula is C23H30N2O3. The Morgan fingerprint density at radius 1 is 0.964 bits per heavy atom. The number of hydrazine groups is 1. The van der Waals surface area contributed by atoms with Gasteiger partial charge in [0, 0.05) is 5.56 Å². The maximum Gasteiger partial charge on any atom is 0.276 e. The molecule has 5 heteroatoms. The van der Waals surface area contributed by atoms with Crippen molar-refractivity contribution in [2.45, 2.75) is 52.5 Å². The molecule has 0 aliphatic carbocycles. The van der Waals surface area contributed by atoms with Crippen LogP contribution in [0.1, 0.15) is 67.7 Å². The van der Waals surface area contributed by atoms with Gasteiger partial charge in [0.2, 0.25) is 0 Å². The highest BCUT2D eigenvalue weighted by atomic mass is 16.5. The van der Waals surface area contributed by atoms with Gasteiger partial charge >= 0.3 is 0 Å². The van der Waals surface area contributed by atoms with Gasteiger partial charge in [0.15, 0.2) is 0 Å². The smallest absolute Gasteiger partial charge is 0.276 e. The molecule has 0 atom stereocenters. The third kappa shape index (κ3) is 5.84. The summed E-state index contributed by atoms with van der Waals surface area (Å²) in [7, 11) is 0. The molecule has 0 aliphatic heterocycles. The zero-order chi connectivity index (χ0) is 20.6. The Hall–Kier alpha value is -2.82. The predicted octanol–water partition coefficient (Wildman–Crippen LogP) is 4.84. The zero-order valence-electron chi connectivity index (χ0n) is 17.2. The molecular weight excluding hydrogens is 352 g/mol. The molecule has 5 nitrogen and oxygen atoms in total. The first-order valence-electron chi connectivity index (χ1n) is 9.77. The third-order valence-electron chi connectivity index (χ3n) is 4.25. The maximum atomic E-state index is 13.3. The number of ether oxygens (including phenoxy) is 1. The minimum atomic E-state index is -0.614. The summed E-state index contributed by atoms with van der Waals surface area (Å²) in [5, 5.41) is 1.37. The van der Waals surface area contributed by atoms with Gasteiger partial charge in [-0.3, -0.25) is 15.0 Å². The van der Waals surface area contributed by atoms with Crippen LogP contribution in [0.4, 0.5) is 0 Å². The van der Waals surface area contributed by atoms with E-state index in [2.05, 4.69) is 12.3 Å². The molecule has 0 saturated carbocycles. The molecule has 1 N–H and O–H groups in total. The lowest BCUT2D eigenvalue weighted by Gasteiger charge is -2.35. The van der Waals surface area contributed by atoms with Gasteiger partial charge in [0.1, 0.15) is 5.75 Å². The lowest BCUT2D eigenvalue weighted by atomic mass is 10.1. The fraction of sp³-hybridized carbons (Fsp3) is 0.391. The topological polar surface area (TPSA) is 58.6 Å². The van der Waals surface area contributed by atoms with Crippen molar-refractivity contribution in [3.8, 4) is 5.75 Å². The van der Waals surface area contributed by atoms with Gasteiger partial charge in [-0.05, 0) is 51.5 Å². The van der Waals surface area contributed by atoms with E-state index < -0.39 is 5.54 Å². The summed E-state index contributed by atoms with van der Waals surface area (Å²) in [4.78, 5) is 25.9. The average Bonchev–Trinajstić information content (AvgIpc) is 2.69. The van der Waals surface area contributed by atoms with Crippen LogP contribution in [0, 0.1) is 0 Å². The minimum Gasteiger partial charge on any atom is -0.493 e. The number of para-hydroxylation sites is 1. The van der Waals surface area contributed by atoms with Gasteiger partial charge < -0.3 is 4.74 Å². The lowest BCUT2D eigenvalue weighted by Crippen LogP contribution is -2.55. The summed E-state index contributed by atoms with van der Waals surface area (Å²) in [6.07, 6.45) is 3.12. The van der Waals surface area contributed by atoms with Crippen LogP contribution in [-0.2, 0) is 0 Å². The Balaban J connectivity index is 2.23. The highest BCUT2D eigenvalue weighted by Crippen LogP contribution is 2.23. The third-order valence-corrected chi connectivity index (χ3v) is 4.25. The molecule has 2 aromatic carbocycles. The highest BCUT2D eigenvalue weighted by Gasteiger charge is 2.31. The molecule has 0 heterocycles. The van der Waals surface area contributed by atoms with Crippen molar-refractivity contribution >= 4 is 11.8 Å². The van der Waals surface area contributed by atoms with Crippen LogP contribution in [-0.4, -0.2) is 29.0 Å². The molecule has 0 fully saturated rings. The van der Waals surface area contributed by atoms with E-state index in [4.69, 9.17) is 4.74 Å². The van der Waals surface area contributed by atoms with E-state index >= 15 is 0 Å². The van der Waals surface area contributed by atoms with Crippen molar-refractivity contribution in [2.24, 2.45) is 0 Å². The van der Waals surface area contributed by atoms with E-state index in [-0.39, 0.29) is 11.8 Å². The van der Waals surface area contributed by atoms with Gasteiger partial charge in [-0.1, -0.05) is 50.1 Å². The standard InChI is InChI=1S/C23H30N2O3/c1-5-6-12-17-28-20-16-11-10-15-19(20)22(27)25(23(2,3)4)24-21(26)18-13-8-7-9-14-18/h7-11,13-16H,5-6,12,17H2,1-4H3,(H,24,26). The summed E-state index contributed by atoms with van der Waals surface area (Å²) in [5.41, 5.74) is 3.08. The minimum absolute atomic E-state index is 0.303. The lowest BCUT2D eigenvalue weighted by molar-refractivity contribution is 0.0355. The Morgan fingerprint density at radius 2 is 1.61 bits per heavy atom. The number of nitrogens with one attached hydrogen (secondary N) is 1. The van der Waals surface area contributed by atoms with Crippen LogP contribution in [0.25, 0.3) is 0 Å². The number of benzene rings is 2. The second kappa shape index (κ2) is 9.93. The summed E-state index contributed by atoms with van der Waals surface area (Å²) in [5.74, 6) is -0.0973. The van der Waals surface area contributed by atoms with Crippen LogP contribution >= 0.6 is 0 Å². The zero-order valence-corrected chi connectivity index (χ0v) is 17.2. The Morgan fingerprint density at radius 3 is 2.25 bits per heavy atom. The van der Waals surface area contributed by atoms with Crippen LogP contribution < -0.4 is 10.2 Å². The van der Waals surface area contributed by atoms with Crippen molar-refractivity contribution in [1.29, 1.82) is 0 Å². The number of hydrogen-bond acceptors (Lipinski definition) is 3. The number of nitrogens with zero attached hydrogens (tertiary/aromatic N) is 1. The monoisotopic (exact) mass is 382 g/mol. The van der Waals surface area contributed by atoms with E-state index in [0.717, 1.165) is 19.3 Å². The van der Waals surface area contributed by atoms with Crippen molar-refractivity contribution in [3.05, 3.63) is 65.7 Å². The molecule has 2 amide bonds. The molecule has 150 valence electrons. The molecule has 2 rings (SSSR count). The molecule has 0 aromatic heterocycles. The summed E-state index contributed by atoms with van der Waals surface area (Å²) in [6.45, 7) is 8.32. The van der Waals surface area contributed by atoms with Crippen LogP contribution in [0.3, 0.4) is 0 Å². The first kappa shape index (κ1) is 21.5. The fourth-order valence-electron chi connectivity index (χ4n) is 2.70. The van der Waals surface area contributed by atoms with Gasteiger partial charge in [-0.2, -0.15) is 0 Å². The SMILES string of the molecule is CCCCCOc1ccccc1C(=O)N(NC(=O)c1ccccc1)C(C)(C)C. The van der Waals surface area contributed by atoms with Crippen molar-refractivity contribution in [2.75, 3.05) is 6.61 Å².